The van der Waals surface area contributed by atoms with Crippen LogP contribution >= 0.6 is 11.3 Å². The van der Waals surface area contributed by atoms with Crippen LogP contribution in [0.15, 0.2) is 53.9 Å². The van der Waals surface area contributed by atoms with Crippen LogP contribution in [0.2, 0.25) is 0 Å². The monoisotopic (exact) mass is 415 g/mol. The fourth-order valence-electron chi connectivity index (χ4n) is 2.76. The van der Waals surface area contributed by atoms with Crippen LogP contribution in [-0.4, -0.2) is 34.8 Å². The number of hydrogen-bond acceptors (Lipinski definition) is 4. The maximum atomic E-state index is 14.0. The van der Waals surface area contributed by atoms with Gasteiger partial charge in [-0.25, -0.2) is 13.8 Å². The fourth-order valence-corrected chi connectivity index (χ4v) is 3.50. The normalized spacial score (nSPS) is 10.6. The third kappa shape index (κ3) is 5.23. The fraction of sp³-hybridized carbons (Fsp3) is 0.190. The molecule has 0 fully saturated rings. The summed E-state index contributed by atoms with van der Waals surface area (Å²) in [4.78, 5) is 30.7. The summed E-state index contributed by atoms with van der Waals surface area (Å²) in [5.41, 5.74) is 1.40. The van der Waals surface area contributed by atoms with Gasteiger partial charge in [-0.1, -0.05) is 37.3 Å². The number of anilines is 1. The van der Waals surface area contributed by atoms with Crippen LogP contribution in [0.3, 0.4) is 0 Å². The summed E-state index contributed by atoms with van der Waals surface area (Å²) >= 11 is 1.27. The number of benzene rings is 2. The van der Waals surface area contributed by atoms with Gasteiger partial charge in [0.1, 0.15) is 18.2 Å². The Hall–Kier alpha value is -3.13. The molecule has 5 nitrogen and oxygen atoms in total. The molecule has 3 aromatic rings. The number of hydrogen-bond donors (Lipinski definition) is 1. The maximum Gasteiger partial charge on any atom is 0.257 e. The number of halogens is 2. The summed E-state index contributed by atoms with van der Waals surface area (Å²) in [5.74, 6) is -2.83. The van der Waals surface area contributed by atoms with Crippen molar-refractivity contribution in [2.45, 2.75) is 13.3 Å². The highest BCUT2D eigenvalue weighted by molar-refractivity contribution is 7.14. The molecule has 0 spiro atoms. The van der Waals surface area contributed by atoms with Crippen molar-refractivity contribution in [3.63, 3.8) is 0 Å². The van der Waals surface area contributed by atoms with Crippen LogP contribution in [0, 0.1) is 11.6 Å². The highest BCUT2D eigenvalue weighted by Crippen LogP contribution is 2.24. The second kappa shape index (κ2) is 9.38. The van der Waals surface area contributed by atoms with Crippen molar-refractivity contribution in [3.05, 3.63) is 71.1 Å². The molecule has 29 heavy (non-hydrogen) atoms. The van der Waals surface area contributed by atoms with Crippen LogP contribution in [0.25, 0.3) is 11.3 Å². The minimum Gasteiger partial charge on any atom is -0.329 e. The van der Waals surface area contributed by atoms with Gasteiger partial charge in [0.25, 0.3) is 5.91 Å². The first-order valence-corrected chi connectivity index (χ1v) is 9.91. The van der Waals surface area contributed by atoms with Crippen molar-refractivity contribution in [1.29, 1.82) is 0 Å². The predicted octanol–water partition coefficient (Wildman–Crippen LogP) is 4.58. The molecule has 150 valence electrons. The quantitative estimate of drug-likeness (QED) is 0.614. The van der Waals surface area contributed by atoms with Crippen LogP contribution in [0.1, 0.15) is 23.7 Å². The van der Waals surface area contributed by atoms with E-state index in [2.05, 4.69) is 10.3 Å². The first kappa shape index (κ1) is 20.6. The van der Waals surface area contributed by atoms with E-state index in [0.717, 1.165) is 23.4 Å². The number of carbonyl (C=O) groups excluding carboxylic acids is 2. The molecule has 1 N–H and O–H groups in total. The smallest absolute Gasteiger partial charge is 0.257 e. The highest BCUT2D eigenvalue weighted by atomic mass is 32.1. The van der Waals surface area contributed by atoms with Crippen LogP contribution in [-0.2, 0) is 4.79 Å². The molecule has 2 aromatic carbocycles. The Morgan fingerprint density at radius 1 is 1.14 bits per heavy atom. The van der Waals surface area contributed by atoms with Crippen molar-refractivity contribution < 1.29 is 18.4 Å². The van der Waals surface area contributed by atoms with E-state index in [-0.39, 0.29) is 18.7 Å². The van der Waals surface area contributed by atoms with Gasteiger partial charge in [-0.15, -0.1) is 11.3 Å². The number of thiazole rings is 1. The number of nitrogens with one attached hydrogen (secondary N) is 1. The van der Waals surface area contributed by atoms with Crippen molar-refractivity contribution in [2.75, 3.05) is 18.4 Å². The molecule has 8 heteroatoms. The summed E-state index contributed by atoms with van der Waals surface area (Å²) < 4.78 is 27.1. The molecule has 0 saturated heterocycles. The largest absolute Gasteiger partial charge is 0.329 e. The highest BCUT2D eigenvalue weighted by Gasteiger charge is 2.22. The van der Waals surface area contributed by atoms with Gasteiger partial charge in [0.15, 0.2) is 5.13 Å². The van der Waals surface area contributed by atoms with Crippen LogP contribution in [0.4, 0.5) is 13.9 Å². The molecular weight excluding hydrogens is 396 g/mol. The van der Waals surface area contributed by atoms with Gasteiger partial charge in [0, 0.05) is 23.6 Å². The molecular formula is C21H19F2N3O2S. The zero-order chi connectivity index (χ0) is 20.8. The Balaban J connectivity index is 1.68. The molecule has 0 aliphatic heterocycles. The van der Waals surface area contributed by atoms with E-state index in [1.54, 1.807) is 0 Å². The zero-order valence-corrected chi connectivity index (χ0v) is 16.5. The topological polar surface area (TPSA) is 62.3 Å². The first-order chi connectivity index (χ1) is 14.0. The Morgan fingerprint density at radius 2 is 1.90 bits per heavy atom. The second-order valence-corrected chi connectivity index (χ2v) is 7.16. The standard InChI is InChI=1S/C21H19F2N3O2S/c1-2-10-26(20(28)16-9-8-15(22)11-17(16)23)12-19(27)25-21-24-18(13-29-21)14-6-4-3-5-7-14/h3-9,11,13H,2,10,12H2,1H3,(H,24,25,27). The van der Waals surface area contributed by atoms with Crippen LogP contribution < -0.4 is 5.32 Å². The molecule has 0 atom stereocenters. The summed E-state index contributed by atoms with van der Waals surface area (Å²) in [7, 11) is 0. The molecule has 0 radical (unpaired) electrons. The average molecular weight is 415 g/mol. The molecule has 0 saturated carbocycles. The Labute approximate surface area is 171 Å². The minimum atomic E-state index is -0.955. The maximum absolute atomic E-state index is 14.0. The summed E-state index contributed by atoms with van der Waals surface area (Å²) in [6.45, 7) is 1.84. The second-order valence-electron chi connectivity index (χ2n) is 6.30. The van der Waals surface area contributed by atoms with Gasteiger partial charge < -0.3 is 10.2 Å². The lowest BCUT2D eigenvalue weighted by Gasteiger charge is -2.21. The van der Waals surface area contributed by atoms with E-state index in [0.29, 0.717) is 17.6 Å². The third-order valence-electron chi connectivity index (χ3n) is 4.10. The summed E-state index contributed by atoms with van der Waals surface area (Å²) in [6, 6.07) is 12.3. The molecule has 2 amide bonds. The number of nitrogens with zero attached hydrogens (tertiary/aromatic N) is 2. The summed E-state index contributed by atoms with van der Waals surface area (Å²) in [6.07, 6.45) is 0.581. The zero-order valence-electron chi connectivity index (χ0n) is 15.7. The summed E-state index contributed by atoms with van der Waals surface area (Å²) in [5, 5.41) is 4.91. The lowest BCUT2D eigenvalue weighted by atomic mass is 10.1. The van der Waals surface area contributed by atoms with Gasteiger partial charge in [-0.05, 0) is 18.6 Å². The van der Waals surface area contributed by atoms with E-state index in [1.807, 2.05) is 42.6 Å². The number of rotatable bonds is 7. The Kier molecular flexibility index (Phi) is 6.66. The van der Waals surface area contributed by atoms with Crippen molar-refractivity contribution in [2.24, 2.45) is 0 Å². The molecule has 0 unspecified atom stereocenters. The predicted molar refractivity (Wildman–Crippen MR) is 109 cm³/mol. The van der Waals surface area contributed by atoms with Crippen LogP contribution in [0.5, 0.6) is 0 Å². The minimum absolute atomic E-state index is 0.260. The average Bonchev–Trinajstić information content (AvgIpc) is 3.16. The number of carbonyl (C=O) groups is 2. The van der Waals surface area contributed by atoms with E-state index in [1.165, 1.54) is 16.2 Å². The molecule has 1 aromatic heterocycles. The SMILES string of the molecule is CCCN(CC(=O)Nc1nc(-c2ccccc2)cs1)C(=O)c1ccc(F)cc1F. The molecule has 0 bridgehead atoms. The Morgan fingerprint density at radius 3 is 2.59 bits per heavy atom. The lowest BCUT2D eigenvalue weighted by molar-refractivity contribution is -0.116. The molecule has 3 rings (SSSR count). The molecule has 1 heterocycles. The van der Waals surface area contributed by atoms with E-state index in [4.69, 9.17) is 0 Å². The third-order valence-corrected chi connectivity index (χ3v) is 4.85. The van der Waals surface area contributed by atoms with Crippen molar-refractivity contribution in [3.8, 4) is 11.3 Å². The van der Waals surface area contributed by atoms with Gasteiger partial charge in [-0.2, -0.15) is 0 Å². The molecule has 0 aliphatic carbocycles. The van der Waals surface area contributed by atoms with Gasteiger partial charge in [-0.3, -0.25) is 9.59 Å². The van der Waals surface area contributed by atoms with E-state index < -0.39 is 23.4 Å². The first-order valence-electron chi connectivity index (χ1n) is 9.03. The molecule has 0 aliphatic rings. The number of amides is 2. The Bertz CT molecular complexity index is 1010. The van der Waals surface area contributed by atoms with Gasteiger partial charge in [0.2, 0.25) is 5.91 Å². The van der Waals surface area contributed by atoms with Gasteiger partial charge in [0.05, 0.1) is 11.3 Å². The lowest BCUT2D eigenvalue weighted by Crippen LogP contribution is -2.39. The van der Waals surface area contributed by atoms with Crippen molar-refractivity contribution in [1.82, 2.24) is 9.88 Å². The van der Waals surface area contributed by atoms with E-state index in [9.17, 15) is 18.4 Å². The van der Waals surface area contributed by atoms with Gasteiger partial charge >= 0.3 is 0 Å². The number of aromatic nitrogens is 1. The van der Waals surface area contributed by atoms with E-state index >= 15 is 0 Å². The van der Waals surface area contributed by atoms with Crippen molar-refractivity contribution >= 4 is 28.3 Å².